The standard InChI is InChI=1S/C20H25N7O3/c1-4-29-17-7-5-16(6-8-17)27-18(21-23-24-27)13-25-9-11-26(12-10-25)20(28)19-14(2)22-30-15(19)3/h5-8H,4,9-13H2,1-3H3. The van der Waals surface area contributed by atoms with Gasteiger partial charge in [-0.05, 0) is 55.5 Å². The summed E-state index contributed by atoms with van der Waals surface area (Å²) in [6.07, 6.45) is 0. The SMILES string of the molecule is CCOc1ccc(-n2nnnc2CN2CCN(C(=O)c3c(C)noc3C)CC2)cc1. The van der Waals surface area contributed by atoms with Gasteiger partial charge in [-0.1, -0.05) is 5.16 Å². The second-order valence-corrected chi connectivity index (χ2v) is 7.20. The van der Waals surface area contributed by atoms with Gasteiger partial charge in [0.05, 0.1) is 24.5 Å². The fraction of sp³-hybridized carbons (Fsp3) is 0.450. The van der Waals surface area contributed by atoms with Crippen LogP contribution < -0.4 is 4.74 Å². The van der Waals surface area contributed by atoms with Gasteiger partial charge in [0.25, 0.3) is 5.91 Å². The third kappa shape index (κ3) is 4.04. The van der Waals surface area contributed by atoms with Crippen molar-refractivity contribution < 1.29 is 14.1 Å². The number of rotatable bonds is 6. The predicted octanol–water partition coefficient (Wildman–Crippen LogP) is 1.62. The second-order valence-electron chi connectivity index (χ2n) is 7.20. The highest BCUT2D eigenvalue weighted by Crippen LogP contribution is 2.18. The molecule has 3 heterocycles. The Hall–Kier alpha value is -3.27. The Labute approximate surface area is 174 Å². The van der Waals surface area contributed by atoms with Crippen molar-refractivity contribution in [3.8, 4) is 11.4 Å². The molecule has 30 heavy (non-hydrogen) atoms. The van der Waals surface area contributed by atoms with Gasteiger partial charge >= 0.3 is 0 Å². The van der Waals surface area contributed by atoms with E-state index in [1.807, 2.05) is 36.1 Å². The maximum atomic E-state index is 12.8. The summed E-state index contributed by atoms with van der Waals surface area (Å²) in [5.41, 5.74) is 2.09. The number of carbonyl (C=O) groups is 1. The Bertz CT molecular complexity index is 984. The number of ether oxygens (including phenoxy) is 1. The summed E-state index contributed by atoms with van der Waals surface area (Å²) in [6, 6.07) is 7.68. The summed E-state index contributed by atoms with van der Waals surface area (Å²) < 4.78 is 12.4. The number of tetrazole rings is 1. The van der Waals surface area contributed by atoms with Crippen molar-refractivity contribution in [2.45, 2.75) is 27.3 Å². The number of nitrogens with zero attached hydrogens (tertiary/aromatic N) is 7. The molecule has 0 aliphatic carbocycles. The van der Waals surface area contributed by atoms with Crippen molar-refractivity contribution >= 4 is 5.91 Å². The molecule has 1 aliphatic rings. The summed E-state index contributed by atoms with van der Waals surface area (Å²) >= 11 is 0. The van der Waals surface area contributed by atoms with Crippen molar-refractivity contribution in [2.24, 2.45) is 0 Å². The van der Waals surface area contributed by atoms with Crippen LogP contribution in [-0.2, 0) is 6.54 Å². The number of aryl methyl sites for hydroxylation is 2. The van der Waals surface area contributed by atoms with Crippen LogP contribution >= 0.6 is 0 Å². The first-order chi connectivity index (χ1) is 14.6. The molecule has 0 bridgehead atoms. The first-order valence-corrected chi connectivity index (χ1v) is 10.0. The van der Waals surface area contributed by atoms with Crippen LogP contribution in [0.4, 0.5) is 0 Å². The lowest BCUT2D eigenvalue weighted by molar-refractivity contribution is 0.0622. The molecule has 1 fully saturated rings. The topological polar surface area (TPSA) is 102 Å². The number of aromatic nitrogens is 5. The van der Waals surface area contributed by atoms with E-state index in [1.165, 1.54) is 0 Å². The third-order valence-corrected chi connectivity index (χ3v) is 5.20. The second kappa shape index (κ2) is 8.62. The van der Waals surface area contributed by atoms with Crippen LogP contribution in [0, 0.1) is 13.8 Å². The first kappa shape index (κ1) is 20.0. The van der Waals surface area contributed by atoms with Crippen LogP contribution in [0.2, 0.25) is 0 Å². The predicted molar refractivity (Wildman–Crippen MR) is 107 cm³/mol. The van der Waals surface area contributed by atoms with E-state index in [-0.39, 0.29) is 5.91 Å². The highest BCUT2D eigenvalue weighted by Gasteiger charge is 2.27. The molecular formula is C20H25N7O3. The van der Waals surface area contributed by atoms with Gasteiger partial charge in [-0.3, -0.25) is 9.69 Å². The Morgan fingerprint density at radius 3 is 2.50 bits per heavy atom. The highest BCUT2D eigenvalue weighted by atomic mass is 16.5. The zero-order chi connectivity index (χ0) is 21.1. The van der Waals surface area contributed by atoms with Crippen molar-refractivity contribution in [2.75, 3.05) is 32.8 Å². The van der Waals surface area contributed by atoms with E-state index in [1.54, 1.807) is 18.5 Å². The Balaban J connectivity index is 1.38. The molecule has 158 valence electrons. The van der Waals surface area contributed by atoms with Crippen LogP contribution in [0.25, 0.3) is 5.69 Å². The molecule has 10 heteroatoms. The fourth-order valence-electron chi connectivity index (χ4n) is 3.61. The molecular weight excluding hydrogens is 386 g/mol. The van der Waals surface area contributed by atoms with Crippen molar-refractivity contribution in [3.05, 3.63) is 47.1 Å². The zero-order valence-corrected chi connectivity index (χ0v) is 17.4. The van der Waals surface area contributed by atoms with E-state index in [0.29, 0.717) is 43.3 Å². The Morgan fingerprint density at radius 2 is 1.87 bits per heavy atom. The summed E-state index contributed by atoms with van der Waals surface area (Å²) in [7, 11) is 0. The molecule has 1 aromatic carbocycles. The van der Waals surface area contributed by atoms with E-state index in [9.17, 15) is 4.79 Å². The molecule has 0 spiro atoms. The van der Waals surface area contributed by atoms with Crippen LogP contribution in [0.1, 0.15) is 34.6 Å². The molecule has 1 aliphatic heterocycles. The van der Waals surface area contributed by atoms with Crippen LogP contribution in [0.15, 0.2) is 28.8 Å². The molecule has 1 amide bonds. The van der Waals surface area contributed by atoms with Gasteiger partial charge in [-0.15, -0.1) is 5.10 Å². The molecule has 0 N–H and O–H groups in total. The molecule has 0 atom stereocenters. The number of hydrogen-bond acceptors (Lipinski definition) is 8. The summed E-state index contributed by atoms with van der Waals surface area (Å²) in [4.78, 5) is 16.9. The molecule has 10 nitrogen and oxygen atoms in total. The molecule has 3 aromatic rings. The quantitative estimate of drug-likeness (QED) is 0.603. The van der Waals surface area contributed by atoms with Crippen molar-refractivity contribution in [3.63, 3.8) is 0 Å². The van der Waals surface area contributed by atoms with Gasteiger partial charge < -0.3 is 14.2 Å². The number of carbonyl (C=O) groups excluding carboxylic acids is 1. The fourth-order valence-corrected chi connectivity index (χ4v) is 3.61. The van der Waals surface area contributed by atoms with Crippen LogP contribution in [-0.4, -0.2) is 73.9 Å². The lowest BCUT2D eigenvalue weighted by Crippen LogP contribution is -2.48. The average molecular weight is 411 g/mol. The van der Waals surface area contributed by atoms with E-state index >= 15 is 0 Å². The van der Waals surface area contributed by atoms with E-state index in [4.69, 9.17) is 9.26 Å². The minimum absolute atomic E-state index is 0.0230. The maximum absolute atomic E-state index is 12.8. The van der Waals surface area contributed by atoms with Gasteiger partial charge in [0.1, 0.15) is 17.1 Å². The monoisotopic (exact) mass is 411 g/mol. The third-order valence-electron chi connectivity index (χ3n) is 5.20. The van der Waals surface area contributed by atoms with E-state index in [2.05, 4.69) is 25.6 Å². The largest absolute Gasteiger partial charge is 0.494 e. The summed E-state index contributed by atoms with van der Waals surface area (Å²) in [6.45, 7) is 9.49. The molecule has 4 rings (SSSR count). The van der Waals surface area contributed by atoms with Gasteiger partial charge in [-0.2, -0.15) is 4.68 Å². The first-order valence-electron chi connectivity index (χ1n) is 10.0. The number of amides is 1. The zero-order valence-electron chi connectivity index (χ0n) is 17.4. The minimum Gasteiger partial charge on any atom is -0.494 e. The molecule has 0 unspecified atom stereocenters. The van der Waals surface area contributed by atoms with Gasteiger partial charge in [-0.25, -0.2) is 0 Å². The minimum atomic E-state index is -0.0230. The van der Waals surface area contributed by atoms with Crippen LogP contribution in [0.5, 0.6) is 5.75 Å². The summed E-state index contributed by atoms with van der Waals surface area (Å²) in [5.74, 6) is 2.11. The normalized spacial score (nSPS) is 14.8. The summed E-state index contributed by atoms with van der Waals surface area (Å²) in [5, 5.41) is 16.0. The lowest BCUT2D eigenvalue weighted by Gasteiger charge is -2.34. The Morgan fingerprint density at radius 1 is 1.13 bits per heavy atom. The number of benzene rings is 1. The molecule has 0 saturated carbocycles. The van der Waals surface area contributed by atoms with Gasteiger partial charge in [0.2, 0.25) is 0 Å². The maximum Gasteiger partial charge on any atom is 0.259 e. The lowest BCUT2D eigenvalue weighted by atomic mass is 10.1. The number of hydrogen-bond donors (Lipinski definition) is 0. The van der Waals surface area contributed by atoms with Gasteiger partial charge in [0, 0.05) is 26.2 Å². The van der Waals surface area contributed by atoms with Crippen molar-refractivity contribution in [1.29, 1.82) is 0 Å². The number of piperazine rings is 1. The molecule has 2 aromatic heterocycles. The van der Waals surface area contributed by atoms with Crippen LogP contribution in [0.3, 0.4) is 0 Å². The van der Waals surface area contributed by atoms with E-state index in [0.717, 1.165) is 30.4 Å². The molecule has 1 saturated heterocycles. The van der Waals surface area contributed by atoms with Crippen molar-refractivity contribution in [1.82, 2.24) is 35.2 Å². The van der Waals surface area contributed by atoms with E-state index < -0.39 is 0 Å². The Kier molecular flexibility index (Phi) is 5.75. The van der Waals surface area contributed by atoms with Gasteiger partial charge in [0.15, 0.2) is 5.82 Å². The molecule has 0 radical (unpaired) electrons. The smallest absolute Gasteiger partial charge is 0.259 e. The highest BCUT2D eigenvalue weighted by molar-refractivity contribution is 5.96. The average Bonchev–Trinajstić information content (AvgIpc) is 3.35.